The zero-order valence-corrected chi connectivity index (χ0v) is 46.9. The number of unbranched alkanes of at least 4 members (excludes halogenated alkanes) is 5. The Balaban J connectivity index is 1.75. The second-order valence-electron chi connectivity index (χ2n) is 22.3. The monoisotopic (exact) mass is 1140 g/mol. The Hall–Kier alpha value is -4.93. The molecular formula is C55H93N9O16. The van der Waals surface area contributed by atoms with E-state index in [2.05, 4.69) is 58.0 Å². The average Bonchev–Trinajstić information content (AvgIpc) is 4.12. The molecule has 0 bridgehead atoms. The smallest absolute Gasteiger partial charge is 0.248 e. The van der Waals surface area contributed by atoms with Crippen LogP contribution in [0, 0.1) is 23.7 Å². The van der Waals surface area contributed by atoms with Crippen molar-refractivity contribution in [2.24, 2.45) is 29.4 Å². The molecule has 1 aliphatic carbocycles. The number of carbonyl (C=O) groups excluding carboxylic acids is 7. The molecule has 2 saturated heterocycles. The number of aliphatic hydroxyl groups is 8. The van der Waals surface area contributed by atoms with E-state index in [-0.39, 0.29) is 76.3 Å². The van der Waals surface area contributed by atoms with Crippen LogP contribution in [0.4, 0.5) is 0 Å². The summed E-state index contributed by atoms with van der Waals surface area (Å²) in [5, 5.41) is 118. The Morgan fingerprint density at radius 3 is 2.01 bits per heavy atom. The van der Waals surface area contributed by atoms with Crippen LogP contribution in [-0.4, -0.2) is 204 Å². The van der Waals surface area contributed by atoms with Gasteiger partial charge in [-0.3, -0.25) is 38.9 Å². The highest BCUT2D eigenvalue weighted by Crippen LogP contribution is 2.35. The minimum absolute atomic E-state index is 0.00575. The lowest BCUT2D eigenvalue weighted by Gasteiger charge is -2.35. The third-order valence-corrected chi connectivity index (χ3v) is 15.8. The predicted octanol–water partition coefficient (Wildman–Crippen LogP) is -2.69. The van der Waals surface area contributed by atoms with Gasteiger partial charge in [0.05, 0.1) is 43.0 Å². The molecule has 3 fully saturated rings. The number of fused-ring (bicyclic) bond motifs is 2. The number of nitrogens with one attached hydrogen (secondary N) is 7. The Kier molecular flexibility index (Phi) is 28.6. The molecule has 4 rings (SSSR count). The standard InChI is InChI=1S/C55H93N9O16/c1-5-30(2)26-31(3)12-10-8-6-7-9-11-13-42(72)59-38-29-41(71)50(58-22-21-57-23-25-65)63-54(79)46-40(70)19-24-64(46)55(80)44(39(69)18-20-56)61-53(78)45(49(75)47(73)33-14-16-34(67)17-15-33)62-51(76)37-28-35(68)27-36(37)48(74)43(32(4)66)60-52(38)77/h14-17,30-32,35-41,43-47,49-50,57-58,65-71,73,75H,5-13,18-29,56H2,1-4H3,(H,59,72)(H,60,77)(H,61,78)(H,62,76)(H,63,79)/t30?,31?,32-,35+,36?,37?,38+,39-,40+,41-,43?,44?,45?,46?,47+,49+,50?/m1/s1. The lowest BCUT2D eigenvalue weighted by Crippen LogP contribution is -2.64. The lowest BCUT2D eigenvalue weighted by molar-refractivity contribution is -0.147. The molecule has 18 N–H and O–H groups in total. The number of nitrogens with two attached hydrogens (primary N) is 1. The van der Waals surface area contributed by atoms with E-state index in [0.717, 1.165) is 43.4 Å². The number of hydrogen-bond donors (Lipinski definition) is 17. The van der Waals surface area contributed by atoms with Gasteiger partial charge >= 0.3 is 0 Å². The van der Waals surface area contributed by atoms with Gasteiger partial charge in [0.1, 0.15) is 54.3 Å². The Morgan fingerprint density at radius 1 is 0.725 bits per heavy atom. The van der Waals surface area contributed by atoms with Crippen LogP contribution in [0.1, 0.15) is 136 Å². The fourth-order valence-corrected chi connectivity index (χ4v) is 10.9. The van der Waals surface area contributed by atoms with Crippen LogP contribution in [0.2, 0.25) is 0 Å². The van der Waals surface area contributed by atoms with E-state index in [9.17, 15) is 79.5 Å². The molecule has 17 atom stereocenters. The maximum Gasteiger partial charge on any atom is 0.248 e. The van der Waals surface area contributed by atoms with Gasteiger partial charge in [-0.1, -0.05) is 77.8 Å². The molecular weight excluding hydrogens is 1040 g/mol. The van der Waals surface area contributed by atoms with Gasteiger partial charge < -0.3 is 88.5 Å². The van der Waals surface area contributed by atoms with Crippen molar-refractivity contribution in [3.05, 3.63) is 29.8 Å². The first kappa shape index (κ1) is 67.6. The van der Waals surface area contributed by atoms with E-state index in [0.29, 0.717) is 24.7 Å². The Labute approximate surface area is 469 Å². The Bertz CT molecular complexity index is 2130. The molecule has 0 radical (unpaired) electrons. The number of hydrogen-bond acceptors (Lipinski definition) is 19. The van der Waals surface area contributed by atoms with Crippen molar-refractivity contribution >= 4 is 41.2 Å². The summed E-state index contributed by atoms with van der Waals surface area (Å²) in [7, 11) is 0. The summed E-state index contributed by atoms with van der Waals surface area (Å²) < 4.78 is 0. The number of rotatable bonds is 26. The quantitative estimate of drug-likeness (QED) is 0.0420. The van der Waals surface area contributed by atoms with Crippen molar-refractivity contribution in [2.45, 2.75) is 203 Å². The minimum Gasteiger partial charge on any atom is -0.508 e. The van der Waals surface area contributed by atoms with E-state index >= 15 is 0 Å². The topological polar surface area (TPSA) is 415 Å². The fourth-order valence-electron chi connectivity index (χ4n) is 10.9. The number of aromatic hydroxyl groups is 1. The average molecular weight is 1140 g/mol. The first-order valence-corrected chi connectivity index (χ1v) is 28.7. The zero-order chi connectivity index (χ0) is 59.2. The molecule has 25 nitrogen and oxygen atoms in total. The third kappa shape index (κ3) is 20.2. The number of amides is 6. The van der Waals surface area contributed by atoms with Crippen LogP contribution in [0.3, 0.4) is 0 Å². The third-order valence-electron chi connectivity index (χ3n) is 15.8. The number of carbonyl (C=O) groups is 7. The van der Waals surface area contributed by atoms with Crippen LogP contribution < -0.4 is 43.0 Å². The summed E-state index contributed by atoms with van der Waals surface area (Å²) in [6.45, 7) is 7.51. The van der Waals surface area contributed by atoms with Crippen molar-refractivity contribution in [3.8, 4) is 5.75 Å². The second kappa shape index (κ2) is 33.9. The molecule has 0 aromatic heterocycles. The highest BCUT2D eigenvalue weighted by Gasteiger charge is 2.50. The lowest BCUT2D eigenvalue weighted by atomic mass is 9.85. The van der Waals surface area contributed by atoms with Gasteiger partial charge in [0.25, 0.3) is 0 Å². The molecule has 80 heavy (non-hydrogen) atoms. The van der Waals surface area contributed by atoms with Crippen molar-refractivity contribution in [2.75, 3.05) is 39.3 Å². The molecule has 1 aromatic rings. The summed E-state index contributed by atoms with van der Waals surface area (Å²) in [6, 6.07) is -4.64. The molecule has 1 saturated carbocycles. The molecule has 25 heteroatoms. The maximum absolute atomic E-state index is 14.7. The molecule has 1 aromatic carbocycles. The molecule has 3 aliphatic rings. The van der Waals surface area contributed by atoms with Gasteiger partial charge in [-0.15, -0.1) is 0 Å². The summed E-state index contributed by atoms with van der Waals surface area (Å²) in [6.07, 6.45) is -7.23. The first-order chi connectivity index (χ1) is 38.0. The number of benzene rings is 1. The van der Waals surface area contributed by atoms with Crippen molar-refractivity contribution < 1.29 is 79.5 Å². The summed E-state index contributed by atoms with van der Waals surface area (Å²) in [5.74, 6) is -9.17. The molecule has 9 unspecified atom stereocenters. The van der Waals surface area contributed by atoms with Gasteiger partial charge in [0.2, 0.25) is 35.4 Å². The van der Waals surface area contributed by atoms with Crippen molar-refractivity contribution in [1.29, 1.82) is 0 Å². The highest BCUT2D eigenvalue weighted by atomic mass is 16.3. The molecule has 454 valence electrons. The number of phenolic OH excluding ortho intramolecular Hbond substituents is 1. The highest BCUT2D eigenvalue weighted by molar-refractivity contribution is 5.99. The number of phenols is 1. The second-order valence-corrected chi connectivity index (χ2v) is 22.3. The summed E-state index contributed by atoms with van der Waals surface area (Å²) in [4.78, 5) is 102. The summed E-state index contributed by atoms with van der Waals surface area (Å²) >= 11 is 0. The molecule has 2 aliphatic heterocycles. The van der Waals surface area contributed by atoms with E-state index in [4.69, 9.17) is 5.73 Å². The van der Waals surface area contributed by atoms with Crippen molar-refractivity contribution in [1.82, 2.24) is 42.1 Å². The first-order valence-electron chi connectivity index (χ1n) is 28.7. The maximum atomic E-state index is 14.7. The largest absolute Gasteiger partial charge is 0.508 e. The van der Waals surface area contributed by atoms with E-state index in [1.54, 1.807) is 0 Å². The van der Waals surface area contributed by atoms with Crippen molar-refractivity contribution in [3.63, 3.8) is 0 Å². The van der Waals surface area contributed by atoms with Crippen LogP contribution in [0.15, 0.2) is 24.3 Å². The van der Waals surface area contributed by atoms with Gasteiger partial charge in [-0.2, -0.15) is 0 Å². The molecule has 6 amide bonds. The fraction of sp³-hybridized carbons (Fsp3) is 0.764. The normalized spacial score (nSPS) is 28.9. The van der Waals surface area contributed by atoms with Crippen LogP contribution >= 0.6 is 0 Å². The number of nitrogens with zero attached hydrogens (tertiary/aromatic N) is 1. The zero-order valence-electron chi connectivity index (χ0n) is 46.9. The van der Waals surface area contributed by atoms with E-state index in [1.165, 1.54) is 37.6 Å². The molecule has 0 spiro atoms. The Morgan fingerprint density at radius 2 is 1.36 bits per heavy atom. The van der Waals surface area contributed by atoms with Crippen LogP contribution in [-0.2, 0) is 33.6 Å². The van der Waals surface area contributed by atoms with Gasteiger partial charge in [0, 0.05) is 44.9 Å². The molecule has 2 heterocycles. The van der Waals surface area contributed by atoms with Gasteiger partial charge in [0.15, 0.2) is 5.78 Å². The number of Topliss-reactive ketones (excluding diaryl/α,β-unsaturated/α-hetero) is 1. The summed E-state index contributed by atoms with van der Waals surface area (Å²) in [5.41, 5.74) is 5.72. The van der Waals surface area contributed by atoms with Crippen LogP contribution in [0.5, 0.6) is 5.75 Å². The van der Waals surface area contributed by atoms with E-state index in [1.807, 2.05) is 0 Å². The number of ketones is 1. The SMILES string of the molecule is CCC(C)CC(C)CCCCCCCCC(=O)N[C@H]1C[C@@H](O)C(NCCNCCO)NC(=O)C2[C@@H](O)CCN2C(=O)C([C@H](O)CCN)NC(=O)C([C@H](O)[C@@H](O)c2ccc(O)cc2)NC(=O)C2C[C@@H](O)CC2C(=O)C([C@@H](C)O)NC1=O. The minimum atomic E-state index is -2.27. The van der Waals surface area contributed by atoms with E-state index < -0.39 is 145 Å². The van der Waals surface area contributed by atoms with Gasteiger partial charge in [-0.25, -0.2) is 0 Å². The van der Waals surface area contributed by atoms with Crippen LogP contribution in [0.25, 0.3) is 0 Å². The van der Waals surface area contributed by atoms with Gasteiger partial charge in [-0.05, 0) is 81.5 Å². The number of aliphatic hydroxyl groups excluding tert-OH is 8. The predicted molar refractivity (Wildman–Crippen MR) is 292 cm³/mol.